The average molecular weight is 297 g/mol. The van der Waals surface area contributed by atoms with Gasteiger partial charge >= 0.3 is 0 Å². The lowest BCUT2D eigenvalue weighted by Gasteiger charge is -2.29. The second-order valence-electron chi connectivity index (χ2n) is 4.95. The standard InChI is InChI=1S/C13H17ClN4O2/c14-10-9-11(18-4-2-1-3-12(18)19)16-13(15-10)17-5-7-20-8-6-17/h9H,1-8H2. The first-order chi connectivity index (χ1) is 9.74. The highest BCUT2D eigenvalue weighted by molar-refractivity contribution is 6.29. The Morgan fingerprint density at radius 1 is 1.15 bits per heavy atom. The Labute approximate surface area is 122 Å². The first kappa shape index (κ1) is 13.6. The van der Waals surface area contributed by atoms with Gasteiger partial charge in [-0.05, 0) is 12.8 Å². The third kappa shape index (κ3) is 2.86. The number of anilines is 2. The molecule has 0 aromatic carbocycles. The lowest BCUT2D eigenvalue weighted by atomic mass is 10.1. The van der Waals surface area contributed by atoms with Crippen molar-refractivity contribution in [3.63, 3.8) is 0 Å². The van der Waals surface area contributed by atoms with Crippen molar-refractivity contribution in [1.29, 1.82) is 0 Å². The number of halogens is 1. The van der Waals surface area contributed by atoms with Gasteiger partial charge in [-0.2, -0.15) is 4.98 Å². The van der Waals surface area contributed by atoms with Crippen molar-refractivity contribution < 1.29 is 9.53 Å². The molecular formula is C13H17ClN4O2. The van der Waals surface area contributed by atoms with Gasteiger partial charge in [-0.3, -0.25) is 9.69 Å². The number of carbonyl (C=O) groups is 1. The van der Waals surface area contributed by atoms with Gasteiger partial charge in [-0.1, -0.05) is 11.6 Å². The summed E-state index contributed by atoms with van der Waals surface area (Å²) < 4.78 is 5.32. The van der Waals surface area contributed by atoms with Crippen LogP contribution in [-0.4, -0.2) is 48.7 Å². The van der Waals surface area contributed by atoms with Gasteiger partial charge in [0.1, 0.15) is 11.0 Å². The molecule has 7 heteroatoms. The molecule has 0 saturated carbocycles. The normalized spacial score (nSPS) is 20.4. The molecule has 0 spiro atoms. The maximum Gasteiger partial charge on any atom is 0.228 e. The van der Waals surface area contributed by atoms with Gasteiger partial charge in [0.2, 0.25) is 11.9 Å². The molecule has 1 amide bonds. The number of hydrogen-bond acceptors (Lipinski definition) is 5. The molecule has 3 rings (SSSR count). The summed E-state index contributed by atoms with van der Waals surface area (Å²) in [5, 5.41) is 0.370. The minimum Gasteiger partial charge on any atom is -0.378 e. The van der Waals surface area contributed by atoms with E-state index in [0.29, 0.717) is 43.1 Å². The highest BCUT2D eigenvalue weighted by Crippen LogP contribution is 2.24. The molecule has 0 aliphatic carbocycles. The summed E-state index contributed by atoms with van der Waals surface area (Å²) in [7, 11) is 0. The Kier molecular flexibility index (Phi) is 4.03. The van der Waals surface area contributed by atoms with E-state index in [1.807, 2.05) is 4.90 Å². The van der Waals surface area contributed by atoms with Crippen LogP contribution in [0.15, 0.2) is 6.07 Å². The van der Waals surface area contributed by atoms with Crippen molar-refractivity contribution in [2.24, 2.45) is 0 Å². The summed E-state index contributed by atoms with van der Waals surface area (Å²) >= 11 is 6.09. The maximum absolute atomic E-state index is 12.0. The van der Waals surface area contributed by atoms with Crippen molar-refractivity contribution in [3.05, 3.63) is 11.2 Å². The monoisotopic (exact) mass is 296 g/mol. The molecule has 6 nitrogen and oxygen atoms in total. The molecular weight excluding hydrogens is 280 g/mol. The van der Waals surface area contributed by atoms with Crippen LogP contribution in [-0.2, 0) is 9.53 Å². The van der Waals surface area contributed by atoms with Gasteiger partial charge < -0.3 is 9.64 Å². The molecule has 0 radical (unpaired) electrons. The van der Waals surface area contributed by atoms with Crippen LogP contribution in [0.4, 0.5) is 11.8 Å². The fraction of sp³-hybridized carbons (Fsp3) is 0.615. The first-order valence-electron chi connectivity index (χ1n) is 6.92. The maximum atomic E-state index is 12.0. The molecule has 2 saturated heterocycles. The SMILES string of the molecule is O=C1CCCCN1c1cc(Cl)nc(N2CCOCC2)n1. The molecule has 2 aliphatic heterocycles. The molecule has 0 unspecified atom stereocenters. The first-order valence-corrected chi connectivity index (χ1v) is 7.29. The Morgan fingerprint density at radius 3 is 2.70 bits per heavy atom. The van der Waals surface area contributed by atoms with Crippen LogP contribution in [0.2, 0.25) is 5.15 Å². The van der Waals surface area contributed by atoms with Crippen molar-refractivity contribution >= 4 is 29.3 Å². The minimum absolute atomic E-state index is 0.110. The summed E-state index contributed by atoms with van der Waals surface area (Å²) in [4.78, 5) is 24.5. The highest BCUT2D eigenvalue weighted by atomic mass is 35.5. The van der Waals surface area contributed by atoms with Crippen molar-refractivity contribution in [2.75, 3.05) is 42.6 Å². The molecule has 0 atom stereocenters. The van der Waals surface area contributed by atoms with Crippen LogP contribution >= 0.6 is 11.6 Å². The predicted octanol–water partition coefficient (Wildman–Crippen LogP) is 1.48. The van der Waals surface area contributed by atoms with Gasteiger partial charge in [0.05, 0.1) is 13.2 Å². The van der Waals surface area contributed by atoms with Gasteiger partial charge in [0, 0.05) is 32.1 Å². The molecule has 0 N–H and O–H groups in total. The molecule has 2 aliphatic rings. The molecule has 1 aromatic rings. The van der Waals surface area contributed by atoms with E-state index in [1.54, 1.807) is 11.0 Å². The summed E-state index contributed by atoms with van der Waals surface area (Å²) in [6.07, 6.45) is 2.53. The molecule has 2 fully saturated rings. The zero-order chi connectivity index (χ0) is 13.9. The Bertz CT molecular complexity index is 505. The second kappa shape index (κ2) is 5.93. The Morgan fingerprint density at radius 2 is 1.95 bits per heavy atom. The minimum atomic E-state index is 0.110. The Balaban J connectivity index is 1.87. The summed E-state index contributed by atoms with van der Waals surface area (Å²) in [6, 6.07) is 1.66. The smallest absolute Gasteiger partial charge is 0.228 e. The second-order valence-corrected chi connectivity index (χ2v) is 5.34. The highest BCUT2D eigenvalue weighted by Gasteiger charge is 2.23. The Hall–Kier alpha value is -1.40. The van der Waals surface area contributed by atoms with E-state index in [1.165, 1.54) is 0 Å². The van der Waals surface area contributed by atoms with Crippen molar-refractivity contribution in [3.8, 4) is 0 Å². The number of hydrogen-bond donors (Lipinski definition) is 0. The summed E-state index contributed by atoms with van der Waals surface area (Å²) in [6.45, 7) is 3.51. The van der Waals surface area contributed by atoms with E-state index in [9.17, 15) is 4.79 Å². The number of carbonyl (C=O) groups excluding carboxylic acids is 1. The van der Waals surface area contributed by atoms with E-state index < -0.39 is 0 Å². The predicted molar refractivity (Wildman–Crippen MR) is 76.3 cm³/mol. The number of amides is 1. The number of ether oxygens (including phenoxy) is 1. The zero-order valence-corrected chi connectivity index (χ0v) is 12.0. The molecule has 108 valence electrons. The number of nitrogens with zero attached hydrogens (tertiary/aromatic N) is 4. The summed E-state index contributed by atoms with van der Waals surface area (Å²) in [5.74, 6) is 1.30. The largest absolute Gasteiger partial charge is 0.378 e. The zero-order valence-electron chi connectivity index (χ0n) is 11.2. The van der Waals surface area contributed by atoms with Crippen LogP contribution in [0.3, 0.4) is 0 Å². The van der Waals surface area contributed by atoms with E-state index in [0.717, 1.165) is 25.9 Å². The van der Waals surface area contributed by atoms with E-state index in [2.05, 4.69) is 9.97 Å². The topological polar surface area (TPSA) is 58.6 Å². The van der Waals surface area contributed by atoms with Crippen molar-refractivity contribution in [2.45, 2.75) is 19.3 Å². The van der Waals surface area contributed by atoms with Gasteiger partial charge in [0.15, 0.2) is 0 Å². The van der Waals surface area contributed by atoms with E-state index in [4.69, 9.17) is 16.3 Å². The number of rotatable bonds is 2. The third-order valence-electron chi connectivity index (χ3n) is 3.56. The van der Waals surface area contributed by atoms with Crippen LogP contribution < -0.4 is 9.80 Å². The summed E-state index contributed by atoms with van der Waals surface area (Å²) in [5.41, 5.74) is 0. The number of aromatic nitrogens is 2. The quantitative estimate of drug-likeness (QED) is 0.774. The van der Waals surface area contributed by atoms with Crippen molar-refractivity contribution in [1.82, 2.24) is 9.97 Å². The van der Waals surface area contributed by atoms with Crippen LogP contribution in [0.5, 0.6) is 0 Å². The molecule has 1 aromatic heterocycles. The van der Waals surface area contributed by atoms with E-state index >= 15 is 0 Å². The van der Waals surface area contributed by atoms with E-state index in [-0.39, 0.29) is 5.91 Å². The lowest BCUT2D eigenvalue weighted by Crippen LogP contribution is -2.39. The third-order valence-corrected chi connectivity index (χ3v) is 3.76. The fourth-order valence-electron chi connectivity index (χ4n) is 2.49. The van der Waals surface area contributed by atoms with Gasteiger partial charge in [-0.25, -0.2) is 4.98 Å². The van der Waals surface area contributed by atoms with Crippen LogP contribution in [0.1, 0.15) is 19.3 Å². The average Bonchev–Trinajstić information content (AvgIpc) is 2.48. The molecule has 0 bridgehead atoms. The van der Waals surface area contributed by atoms with Gasteiger partial charge in [-0.15, -0.1) is 0 Å². The number of piperidine rings is 1. The molecule has 20 heavy (non-hydrogen) atoms. The number of morpholine rings is 1. The van der Waals surface area contributed by atoms with Crippen LogP contribution in [0.25, 0.3) is 0 Å². The lowest BCUT2D eigenvalue weighted by molar-refractivity contribution is -0.119. The fourth-order valence-corrected chi connectivity index (χ4v) is 2.66. The molecule has 3 heterocycles. The van der Waals surface area contributed by atoms with Gasteiger partial charge in [0.25, 0.3) is 0 Å². The van der Waals surface area contributed by atoms with Crippen LogP contribution in [0, 0.1) is 0 Å².